The highest BCUT2D eigenvalue weighted by Gasteiger charge is 2.29. The predicted molar refractivity (Wildman–Crippen MR) is 132 cm³/mol. The molecule has 8 heteroatoms. The van der Waals surface area contributed by atoms with Gasteiger partial charge in [0.05, 0.1) is 27.3 Å². The fourth-order valence-corrected chi connectivity index (χ4v) is 8.28. The molecule has 0 unspecified atom stereocenters. The number of fused-ring (bicyclic) bond motifs is 1. The van der Waals surface area contributed by atoms with Crippen LogP contribution in [0.1, 0.15) is 16.8 Å². The van der Waals surface area contributed by atoms with Crippen molar-refractivity contribution >= 4 is 54.7 Å². The van der Waals surface area contributed by atoms with Crippen LogP contribution in [0.3, 0.4) is 0 Å². The molecule has 32 heavy (non-hydrogen) atoms. The standard InChI is InChI=1S/C24H20N2O3S3/c27-23(19-5-1-3-7-21(19)30-18-13-14-32(28,29)15-18)25-17-11-9-16(10-12-17)24-26-20-6-2-4-8-22(20)31-24/h1-12,18H,13-15H2,(H,25,27)/t18-/m0/s1. The Labute approximate surface area is 194 Å². The van der Waals surface area contributed by atoms with Gasteiger partial charge in [-0.2, -0.15) is 0 Å². The number of thioether (sulfide) groups is 1. The number of sulfone groups is 1. The van der Waals surface area contributed by atoms with E-state index >= 15 is 0 Å². The second-order valence-corrected chi connectivity index (χ2v) is 12.3. The number of hydrogen-bond acceptors (Lipinski definition) is 6. The molecule has 0 aliphatic carbocycles. The number of para-hydroxylation sites is 1. The Morgan fingerprint density at radius 1 is 1.00 bits per heavy atom. The van der Waals surface area contributed by atoms with Crippen molar-refractivity contribution in [2.75, 3.05) is 16.8 Å². The van der Waals surface area contributed by atoms with Gasteiger partial charge in [-0.15, -0.1) is 23.1 Å². The molecule has 1 aliphatic rings. The summed E-state index contributed by atoms with van der Waals surface area (Å²) in [6.45, 7) is 0. The minimum absolute atomic E-state index is 0.0120. The van der Waals surface area contributed by atoms with Crippen LogP contribution in [0.5, 0.6) is 0 Å². The third-order valence-electron chi connectivity index (χ3n) is 5.30. The number of anilines is 1. The van der Waals surface area contributed by atoms with Crippen LogP contribution in [0.25, 0.3) is 20.8 Å². The van der Waals surface area contributed by atoms with E-state index in [4.69, 9.17) is 0 Å². The molecule has 1 aromatic heterocycles. The Morgan fingerprint density at radius 3 is 2.50 bits per heavy atom. The molecule has 1 fully saturated rings. The SMILES string of the molecule is O=C(Nc1ccc(-c2nc3ccccc3s2)cc1)c1ccccc1S[C@H]1CCS(=O)(=O)C1. The average molecular weight is 481 g/mol. The lowest BCUT2D eigenvalue weighted by molar-refractivity contribution is 0.102. The van der Waals surface area contributed by atoms with Gasteiger partial charge in [0.15, 0.2) is 9.84 Å². The molecule has 4 aromatic rings. The number of rotatable bonds is 5. The van der Waals surface area contributed by atoms with Crippen LogP contribution in [0.15, 0.2) is 77.7 Å². The summed E-state index contributed by atoms with van der Waals surface area (Å²) in [5.74, 6) is 0.183. The van der Waals surface area contributed by atoms with E-state index in [0.717, 1.165) is 25.7 Å². The normalized spacial score (nSPS) is 17.4. The smallest absolute Gasteiger partial charge is 0.256 e. The highest BCUT2D eigenvalue weighted by Crippen LogP contribution is 2.34. The lowest BCUT2D eigenvalue weighted by atomic mass is 10.2. The van der Waals surface area contributed by atoms with Crippen molar-refractivity contribution in [3.8, 4) is 10.6 Å². The molecule has 0 radical (unpaired) electrons. The molecule has 162 valence electrons. The number of carbonyl (C=O) groups is 1. The van der Waals surface area contributed by atoms with E-state index in [1.807, 2.05) is 60.7 Å². The van der Waals surface area contributed by atoms with Gasteiger partial charge in [0.2, 0.25) is 0 Å². The van der Waals surface area contributed by atoms with Crippen LogP contribution < -0.4 is 5.32 Å². The maximum absolute atomic E-state index is 13.0. The number of hydrogen-bond donors (Lipinski definition) is 1. The second-order valence-electron chi connectivity index (χ2n) is 7.66. The van der Waals surface area contributed by atoms with Crippen molar-refractivity contribution in [1.29, 1.82) is 0 Å². The first-order valence-corrected chi connectivity index (χ1v) is 13.7. The third kappa shape index (κ3) is 4.57. The molecule has 5 nitrogen and oxygen atoms in total. The lowest BCUT2D eigenvalue weighted by Gasteiger charge is -2.13. The maximum atomic E-state index is 13.0. The minimum Gasteiger partial charge on any atom is -0.322 e. The van der Waals surface area contributed by atoms with Crippen LogP contribution in [0, 0.1) is 0 Å². The first-order valence-electron chi connectivity index (χ1n) is 10.2. The molecule has 1 N–H and O–H groups in total. The van der Waals surface area contributed by atoms with Gasteiger partial charge in [-0.1, -0.05) is 24.3 Å². The quantitative estimate of drug-likeness (QED) is 0.408. The summed E-state index contributed by atoms with van der Waals surface area (Å²) in [4.78, 5) is 18.4. The molecule has 5 rings (SSSR count). The van der Waals surface area contributed by atoms with Gasteiger partial charge in [-0.25, -0.2) is 13.4 Å². The molecule has 0 saturated carbocycles. The van der Waals surface area contributed by atoms with Gasteiger partial charge in [0.25, 0.3) is 5.91 Å². The fourth-order valence-electron chi connectivity index (χ4n) is 3.68. The molecular weight excluding hydrogens is 460 g/mol. The Kier molecular flexibility index (Phi) is 5.75. The first kappa shape index (κ1) is 21.2. The van der Waals surface area contributed by atoms with E-state index in [9.17, 15) is 13.2 Å². The molecule has 1 amide bonds. The fraction of sp³-hybridized carbons (Fsp3) is 0.167. The zero-order valence-corrected chi connectivity index (χ0v) is 19.5. The number of thiazole rings is 1. The van der Waals surface area contributed by atoms with Crippen molar-refractivity contribution in [3.05, 3.63) is 78.4 Å². The van der Waals surface area contributed by atoms with Crippen LogP contribution >= 0.6 is 23.1 Å². The molecular formula is C24H20N2O3S3. The summed E-state index contributed by atoms with van der Waals surface area (Å²) in [7, 11) is -2.96. The Bertz CT molecular complexity index is 1360. The van der Waals surface area contributed by atoms with Gasteiger partial charge < -0.3 is 5.32 Å². The first-order chi connectivity index (χ1) is 15.5. The number of nitrogens with zero attached hydrogens (tertiary/aromatic N) is 1. The van der Waals surface area contributed by atoms with E-state index in [2.05, 4.69) is 16.4 Å². The summed E-state index contributed by atoms with van der Waals surface area (Å²) in [6.07, 6.45) is 0.621. The van der Waals surface area contributed by atoms with Gasteiger partial charge in [-0.05, 0) is 55.0 Å². The number of amides is 1. The van der Waals surface area contributed by atoms with Crippen LogP contribution in [-0.4, -0.2) is 36.1 Å². The lowest BCUT2D eigenvalue weighted by Crippen LogP contribution is -2.14. The van der Waals surface area contributed by atoms with Gasteiger partial charge >= 0.3 is 0 Å². The number of aromatic nitrogens is 1. The van der Waals surface area contributed by atoms with Gasteiger partial charge in [0.1, 0.15) is 5.01 Å². The zero-order chi connectivity index (χ0) is 22.1. The largest absolute Gasteiger partial charge is 0.322 e. The third-order valence-corrected chi connectivity index (χ3v) is 9.71. The molecule has 0 spiro atoms. The van der Waals surface area contributed by atoms with Gasteiger partial charge in [-0.3, -0.25) is 4.79 Å². The van der Waals surface area contributed by atoms with Crippen LogP contribution in [-0.2, 0) is 9.84 Å². The molecule has 1 saturated heterocycles. The highest BCUT2D eigenvalue weighted by atomic mass is 32.2. The number of nitrogens with one attached hydrogen (secondary N) is 1. The summed E-state index contributed by atoms with van der Waals surface area (Å²) in [5.41, 5.74) is 3.23. The van der Waals surface area contributed by atoms with E-state index in [1.165, 1.54) is 11.8 Å². The molecule has 1 atom stereocenters. The summed E-state index contributed by atoms with van der Waals surface area (Å²) in [5, 5.41) is 3.89. The summed E-state index contributed by atoms with van der Waals surface area (Å²) < 4.78 is 24.7. The molecule has 3 aromatic carbocycles. The van der Waals surface area contributed by atoms with Crippen LogP contribution in [0.2, 0.25) is 0 Å². The van der Waals surface area contributed by atoms with Crippen molar-refractivity contribution in [3.63, 3.8) is 0 Å². The summed E-state index contributed by atoms with van der Waals surface area (Å²) >= 11 is 3.11. The van der Waals surface area contributed by atoms with Crippen LogP contribution in [0.4, 0.5) is 5.69 Å². The van der Waals surface area contributed by atoms with E-state index in [1.54, 1.807) is 17.4 Å². The van der Waals surface area contributed by atoms with E-state index in [-0.39, 0.29) is 22.7 Å². The Hall–Kier alpha value is -2.68. The van der Waals surface area contributed by atoms with Crippen molar-refractivity contribution in [2.24, 2.45) is 0 Å². The zero-order valence-electron chi connectivity index (χ0n) is 17.0. The number of benzene rings is 3. The predicted octanol–water partition coefficient (Wildman–Crippen LogP) is 5.49. The monoisotopic (exact) mass is 480 g/mol. The maximum Gasteiger partial charge on any atom is 0.256 e. The topological polar surface area (TPSA) is 76.1 Å². The minimum atomic E-state index is -2.96. The average Bonchev–Trinajstić information content (AvgIpc) is 3.37. The summed E-state index contributed by atoms with van der Waals surface area (Å²) in [6, 6.07) is 23.0. The highest BCUT2D eigenvalue weighted by molar-refractivity contribution is 8.02. The number of carbonyl (C=O) groups excluding carboxylic acids is 1. The second kappa shape index (κ2) is 8.69. The molecule has 1 aliphatic heterocycles. The molecule has 2 heterocycles. The van der Waals surface area contributed by atoms with Crippen molar-refractivity contribution < 1.29 is 13.2 Å². The van der Waals surface area contributed by atoms with E-state index < -0.39 is 9.84 Å². The van der Waals surface area contributed by atoms with Crippen molar-refractivity contribution in [1.82, 2.24) is 4.98 Å². The Balaban J connectivity index is 1.31. The van der Waals surface area contributed by atoms with E-state index in [0.29, 0.717) is 17.7 Å². The molecule has 0 bridgehead atoms. The Morgan fingerprint density at radius 2 is 1.75 bits per heavy atom. The van der Waals surface area contributed by atoms with Gasteiger partial charge in [0, 0.05) is 21.4 Å². The van der Waals surface area contributed by atoms with Crippen molar-refractivity contribution in [2.45, 2.75) is 16.6 Å².